The van der Waals surface area contributed by atoms with E-state index in [2.05, 4.69) is 21.2 Å². The molecule has 0 fully saturated rings. The van der Waals surface area contributed by atoms with Gasteiger partial charge in [0.05, 0.1) is 5.41 Å². The van der Waals surface area contributed by atoms with Crippen molar-refractivity contribution >= 4 is 39.6 Å². The van der Waals surface area contributed by atoms with E-state index in [1.807, 2.05) is 24.3 Å². The van der Waals surface area contributed by atoms with Crippen LogP contribution in [-0.2, 0) is 9.59 Å². The van der Waals surface area contributed by atoms with Gasteiger partial charge in [-0.3, -0.25) is 9.59 Å². The molecule has 0 aliphatic carbocycles. The topological polar surface area (TPSA) is 66.4 Å². The molecule has 0 atom stereocenters. The summed E-state index contributed by atoms with van der Waals surface area (Å²) in [5.74, 6) is -0.369. The van der Waals surface area contributed by atoms with Crippen LogP contribution in [-0.4, -0.2) is 29.3 Å². The summed E-state index contributed by atoms with van der Waals surface area (Å²) in [6.07, 6.45) is 0.371. The Labute approximate surface area is 131 Å². The molecule has 0 unspecified atom stereocenters. The largest absolute Gasteiger partial charge is 0.481 e. The third-order valence-electron chi connectivity index (χ3n) is 2.72. The molecule has 2 N–H and O–H groups in total. The molecule has 0 aliphatic rings. The van der Waals surface area contributed by atoms with Crippen molar-refractivity contribution in [3.8, 4) is 0 Å². The molecule has 4 nitrogen and oxygen atoms in total. The summed E-state index contributed by atoms with van der Waals surface area (Å²) in [5, 5.41) is 11.6. The Balaban J connectivity index is 2.27. The van der Waals surface area contributed by atoms with E-state index >= 15 is 0 Å². The minimum atomic E-state index is -0.936. The molecule has 0 saturated carbocycles. The van der Waals surface area contributed by atoms with Crippen LogP contribution in [0.2, 0.25) is 0 Å². The molecule has 1 aromatic rings. The van der Waals surface area contributed by atoms with Gasteiger partial charge in [-0.15, -0.1) is 11.8 Å². The Morgan fingerprint density at radius 1 is 1.30 bits per heavy atom. The lowest BCUT2D eigenvalue weighted by Crippen LogP contribution is -2.38. The fourth-order valence-electron chi connectivity index (χ4n) is 1.28. The van der Waals surface area contributed by atoms with E-state index in [1.165, 1.54) is 0 Å². The normalized spacial score (nSPS) is 11.2. The van der Waals surface area contributed by atoms with Crippen LogP contribution in [0.5, 0.6) is 0 Å². The van der Waals surface area contributed by atoms with Crippen LogP contribution in [0.4, 0.5) is 0 Å². The van der Waals surface area contributed by atoms with Crippen LogP contribution in [0.15, 0.2) is 33.6 Å². The van der Waals surface area contributed by atoms with Crippen LogP contribution in [0.25, 0.3) is 0 Å². The van der Waals surface area contributed by atoms with Crippen molar-refractivity contribution in [3.05, 3.63) is 28.7 Å². The first-order chi connectivity index (χ1) is 9.31. The second-order valence-corrected chi connectivity index (χ2v) is 7.10. The summed E-state index contributed by atoms with van der Waals surface area (Å²) >= 11 is 4.97. The molecule has 0 saturated heterocycles. The zero-order valence-corrected chi connectivity index (χ0v) is 13.9. The van der Waals surface area contributed by atoms with E-state index in [9.17, 15) is 9.59 Å². The van der Waals surface area contributed by atoms with E-state index in [4.69, 9.17) is 5.11 Å². The number of carbonyl (C=O) groups is 2. The number of hydrogen-bond acceptors (Lipinski definition) is 3. The van der Waals surface area contributed by atoms with Gasteiger partial charge in [-0.2, -0.15) is 0 Å². The molecule has 1 amide bonds. The number of hydrogen-bond donors (Lipinski definition) is 2. The summed E-state index contributed by atoms with van der Waals surface area (Å²) in [6, 6.07) is 7.88. The predicted octanol–water partition coefficient (Wildman–Crippen LogP) is 3.16. The van der Waals surface area contributed by atoms with E-state index < -0.39 is 11.4 Å². The van der Waals surface area contributed by atoms with Gasteiger partial charge < -0.3 is 10.4 Å². The lowest BCUT2D eigenvalue weighted by atomic mass is 9.94. The first kappa shape index (κ1) is 17.0. The SMILES string of the molecule is CC(C)(CNC(=O)CCSc1ccc(Br)cc1)C(=O)O. The Morgan fingerprint density at radius 2 is 1.90 bits per heavy atom. The Hall–Kier alpha value is -1.01. The van der Waals surface area contributed by atoms with Gasteiger partial charge in [-0.05, 0) is 38.1 Å². The minimum Gasteiger partial charge on any atom is -0.481 e. The molecule has 0 radical (unpaired) electrons. The maximum Gasteiger partial charge on any atom is 0.310 e. The van der Waals surface area contributed by atoms with E-state index in [-0.39, 0.29) is 12.5 Å². The first-order valence-corrected chi connectivity index (χ1v) is 7.97. The van der Waals surface area contributed by atoms with Gasteiger partial charge in [-0.1, -0.05) is 15.9 Å². The number of rotatable bonds is 7. The number of aliphatic carboxylic acids is 1. The van der Waals surface area contributed by atoms with Crippen molar-refractivity contribution < 1.29 is 14.7 Å². The number of halogens is 1. The zero-order valence-electron chi connectivity index (χ0n) is 11.5. The maximum absolute atomic E-state index is 11.6. The second kappa shape index (κ2) is 7.69. The highest BCUT2D eigenvalue weighted by molar-refractivity contribution is 9.10. The van der Waals surface area contributed by atoms with Crippen LogP contribution >= 0.6 is 27.7 Å². The van der Waals surface area contributed by atoms with Crippen LogP contribution < -0.4 is 5.32 Å². The number of amides is 1. The average molecular weight is 360 g/mol. The van der Waals surface area contributed by atoms with Crippen LogP contribution in [0.3, 0.4) is 0 Å². The number of carbonyl (C=O) groups excluding carboxylic acids is 1. The summed E-state index contributed by atoms with van der Waals surface area (Å²) in [7, 11) is 0. The molecule has 6 heteroatoms. The zero-order chi connectivity index (χ0) is 15.2. The molecule has 1 rings (SSSR count). The number of carboxylic acids is 1. The summed E-state index contributed by atoms with van der Waals surface area (Å²) in [6.45, 7) is 3.32. The van der Waals surface area contributed by atoms with E-state index in [1.54, 1.807) is 25.6 Å². The number of carboxylic acid groups (broad SMARTS) is 1. The molecule has 0 aliphatic heterocycles. The Bertz CT molecular complexity index is 474. The smallest absolute Gasteiger partial charge is 0.310 e. The van der Waals surface area contributed by atoms with Gasteiger partial charge in [0.2, 0.25) is 5.91 Å². The van der Waals surface area contributed by atoms with Crippen LogP contribution in [0, 0.1) is 5.41 Å². The van der Waals surface area contributed by atoms with Gasteiger partial charge in [0.25, 0.3) is 0 Å². The summed E-state index contributed by atoms with van der Waals surface area (Å²) < 4.78 is 1.02. The van der Waals surface area contributed by atoms with Crippen molar-refractivity contribution in [1.82, 2.24) is 5.32 Å². The van der Waals surface area contributed by atoms with Gasteiger partial charge in [0, 0.05) is 28.1 Å². The third-order valence-corrected chi connectivity index (χ3v) is 4.26. The number of benzene rings is 1. The molecule has 0 bridgehead atoms. The second-order valence-electron chi connectivity index (χ2n) is 5.02. The number of nitrogens with one attached hydrogen (secondary N) is 1. The quantitative estimate of drug-likeness (QED) is 0.733. The highest BCUT2D eigenvalue weighted by atomic mass is 79.9. The van der Waals surface area contributed by atoms with Gasteiger partial charge in [-0.25, -0.2) is 0 Å². The molecule has 0 aromatic heterocycles. The standard InChI is InChI=1S/C14H18BrNO3S/c1-14(2,13(18)19)9-16-12(17)7-8-20-11-5-3-10(15)4-6-11/h3-6H,7-9H2,1-2H3,(H,16,17)(H,18,19). The van der Waals surface area contributed by atoms with E-state index in [0.717, 1.165) is 9.37 Å². The Kier molecular flexibility index (Phi) is 6.55. The maximum atomic E-state index is 11.6. The first-order valence-electron chi connectivity index (χ1n) is 6.20. The molecule has 0 spiro atoms. The monoisotopic (exact) mass is 359 g/mol. The molecule has 110 valence electrons. The van der Waals surface area contributed by atoms with Crippen LogP contribution in [0.1, 0.15) is 20.3 Å². The molecular formula is C14H18BrNO3S. The average Bonchev–Trinajstić information content (AvgIpc) is 2.39. The highest BCUT2D eigenvalue weighted by Crippen LogP contribution is 2.21. The summed E-state index contributed by atoms with van der Waals surface area (Å²) in [4.78, 5) is 23.6. The molecule has 1 aromatic carbocycles. The lowest BCUT2D eigenvalue weighted by molar-refractivity contribution is -0.146. The molecular weight excluding hydrogens is 342 g/mol. The minimum absolute atomic E-state index is 0.121. The van der Waals surface area contributed by atoms with Crippen molar-refractivity contribution in [3.63, 3.8) is 0 Å². The fourth-order valence-corrected chi connectivity index (χ4v) is 2.39. The van der Waals surface area contributed by atoms with Crippen molar-refractivity contribution in [2.75, 3.05) is 12.3 Å². The lowest BCUT2D eigenvalue weighted by Gasteiger charge is -2.19. The number of thioether (sulfide) groups is 1. The third kappa shape index (κ3) is 5.96. The van der Waals surface area contributed by atoms with Crippen molar-refractivity contribution in [2.24, 2.45) is 5.41 Å². The van der Waals surface area contributed by atoms with Crippen molar-refractivity contribution in [1.29, 1.82) is 0 Å². The fraction of sp³-hybridized carbons (Fsp3) is 0.429. The Morgan fingerprint density at radius 3 is 2.45 bits per heavy atom. The highest BCUT2D eigenvalue weighted by Gasteiger charge is 2.27. The summed E-state index contributed by atoms with van der Waals surface area (Å²) in [5.41, 5.74) is -0.936. The van der Waals surface area contributed by atoms with Crippen molar-refractivity contribution in [2.45, 2.75) is 25.2 Å². The molecule has 0 heterocycles. The van der Waals surface area contributed by atoms with Gasteiger partial charge in [0.1, 0.15) is 0 Å². The molecule has 20 heavy (non-hydrogen) atoms. The van der Waals surface area contributed by atoms with Gasteiger partial charge in [0.15, 0.2) is 0 Å². The van der Waals surface area contributed by atoms with E-state index in [0.29, 0.717) is 12.2 Å². The predicted molar refractivity (Wildman–Crippen MR) is 83.9 cm³/mol. The van der Waals surface area contributed by atoms with Gasteiger partial charge >= 0.3 is 5.97 Å².